The van der Waals surface area contributed by atoms with Crippen molar-refractivity contribution in [1.82, 2.24) is 24.1 Å². The van der Waals surface area contributed by atoms with Gasteiger partial charge in [0.05, 0.1) is 11.3 Å². The molecule has 0 spiro atoms. The predicted molar refractivity (Wildman–Crippen MR) is 133 cm³/mol. The summed E-state index contributed by atoms with van der Waals surface area (Å²) in [5.41, 5.74) is 15.3. The van der Waals surface area contributed by atoms with Gasteiger partial charge in [0.15, 0.2) is 5.65 Å². The first-order valence-corrected chi connectivity index (χ1v) is 11.3. The molecule has 0 aliphatic carbocycles. The maximum Gasteiger partial charge on any atom is 0.353 e. The van der Waals surface area contributed by atoms with Gasteiger partial charge in [-0.15, -0.1) is 5.10 Å². The van der Waals surface area contributed by atoms with Gasteiger partial charge in [-0.1, -0.05) is 36.4 Å². The fourth-order valence-corrected chi connectivity index (χ4v) is 4.50. The Hall–Kier alpha value is -4.44. The SMILES string of the molecule is Cc1cc(-c2c(-c3ccccc3)nc(N)n3c(=O)n(C(CN)c4c(F)cccc4F)nc23)cc(C)n1. The Labute approximate surface area is 204 Å². The minimum atomic E-state index is -1.20. The van der Waals surface area contributed by atoms with E-state index in [4.69, 9.17) is 11.5 Å². The number of halogens is 2. The molecular weight excluding hydrogens is 464 g/mol. The maximum atomic E-state index is 14.7. The van der Waals surface area contributed by atoms with E-state index >= 15 is 0 Å². The molecule has 0 aliphatic heterocycles. The molecule has 8 nitrogen and oxygen atoms in total. The van der Waals surface area contributed by atoms with Crippen LogP contribution in [0.4, 0.5) is 14.7 Å². The van der Waals surface area contributed by atoms with Crippen LogP contribution in [0.5, 0.6) is 0 Å². The van der Waals surface area contributed by atoms with Gasteiger partial charge in [-0.05, 0) is 43.7 Å². The summed E-state index contributed by atoms with van der Waals surface area (Å²) in [5, 5.41) is 4.54. The number of benzene rings is 2. The predicted octanol–water partition coefficient (Wildman–Crippen LogP) is 3.65. The average Bonchev–Trinajstić information content (AvgIpc) is 3.18. The number of hydrogen-bond acceptors (Lipinski definition) is 6. The molecular formula is C26H23F2N7O. The van der Waals surface area contributed by atoms with Crippen molar-refractivity contribution in [3.05, 3.63) is 99.7 Å². The van der Waals surface area contributed by atoms with Crippen LogP contribution >= 0.6 is 0 Å². The molecule has 1 unspecified atom stereocenters. The monoisotopic (exact) mass is 487 g/mol. The van der Waals surface area contributed by atoms with E-state index in [0.29, 0.717) is 11.3 Å². The number of aromatic nitrogens is 5. The summed E-state index contributed by atoms with van der Waals surface area (Å²) in [5.74, 6) is -1.77. The summed E-state index contributed by atoms with van der Waals surface area (Å²) >= 11 is 0. The molecule has 1 atom stereocenters. The first-order chi connectivity index (χ1) is 17.3. The highest BCUT2D eigenvalue weighted by atomic mass is 19.1. The van der Waals surface area contributed by atoms with Crippen LogP contribution in [-0.2, 0) is 0 Å². The molecule has 3 aromatic heterocycles. The maximum absolute atomic E-state index is 14.7. The van der Waals surface area contributed by atoms with Crippen LogP contribution in [0.1, 0.15) is 23.0 Å². The highest BCUT2D eigenvalue weighted by Crippen LogP contribution is 2.35. The van der Waals surface area contributed by atoms with Crippen LogP contribution in [0, 0.1) is 25.5 Å². The molecule has 10 heteroatoms. The Morgan fingerprint density at radius 3 is 2.17 bits per heavy atom. The van der Waals surface area contributed by atoms with E-state index in [1.54, 1.807) is 0 Å². The van der Waals surface area contributed by atoms with Gasteiger partial charge >= 0.3 is 5.69 Å². The number of fused-ring (bicyclic) bond motifs is 1. The summed E-state index contributed by atoms with van der Waals surface area (Å²) in [4.78, 5) is 22.5. The summed E-state index contributed by atoms with van der Waals surface area (Å²) in [6, 6.07) is 15.3. The number of nitrogens with two attached hydrogens (primary N) is 2. The van der Waals surface area contributed by atoms with Crippen molar-refractivity contribution in [2.45, 2.75) is 19.9 Å². The van der Waals surface area contributed by atoms with E-state index in [9.17, 15) is 13.6 Å². The van der Waals surface area contributed by atoms with Crippen LogP contribution in [0.25, 0.3) is 28.0 Å². The number of rotatable bonds is 5. The second-order valence-electron chi connectivity index (χ2n) is 8.47. The van der Waals surface area contributed by atoms with E-state index in [0.717, 1.165) is 43.7 Å². The quantitative estimate of drug-likeness (QED) is 0.391. The molecule has 0 saturated heterocycles. The standard InChI is InChI=1S/C26H23F2N7O/c1-14-11-17(12-15(2)31-14)21-23(16-7-4-3-5-8-16)32-25(30)34-24(21)33-35(26(34)36)20(13-29)22-18(27)9-6-10-19(22)28/h3-12,20H,13,29H2,1-2H3,(H2,30,32). The van der Waals surface area contributed by atoms with Crippen molar-refractivity contribution >= 4 is 11.6 Å². The van der Waals surface area contributed by atoms with Crippen molar-refractivity contribution in [3.8, 4) is 22.4 Å². The van der Waals surface area contributed by atoms with Gasteiger partial charge in [-0.3, -0.25) is 4.98 Å². The van der Waals surface area contributed by atoms with E-state index in [2.05, 4.69) is 15.1 Å². The molecule has 5 aromatic rings. The Kier molecular flexibility index (Phi) is 5.81. The smallest absolute Gasteiger partial charge is 0.353 e. The van der Waals surface area contributed by atoms with E-state index in [1.807, 2.05) is 56.3 Å². The van der Waals surface area contributed by atoms with E-state index in [1.165, 1.54) is 6.07 Å². The first-order valence-electron chi connectivity index (χ1n) is 11.3. The van der Waals surface area contributed by atoms with Crippen molar-refractivity contribution in [3.63, 3.8) is 0 Å². The zero-order chi connectivity index (χ0) is 25.6. The summed E-state index contributed by atoms with van der Waals surface area (Å²) in [6.45, 7) is 3.44. The van der Waals surface area contributed by atoms with Gasteiger partial charge < -0.3 is 11.5 Å². The van der Waals surface area contributed by atoms with Gasteiger partial charge in [0.25, 0.3) is 0 Å². The third-order valence-corrected chi connectivity index (χ3v) is 5.99. The van der Waals surface area contributed by atoms with Crippen LogP contribution in [0.15, 0.2) is 65.5 Å². The zero-order valence-corrected chi connectivity index (χ0v) is 19.6. The second kappa shape index (κ2) is 8.97. The van der Waals surface area contributed by atoms with E-state index in [-0.39, 0.29) is 23.7 Å². The first kappa shape index (κ1) is 23.3. The Bertz CT molecular complexity index is 1620. The molecule has 0 aliphatic rings. The van der Waals surface area contributed by atoms with Crippen molar-refractivity contribution < 1.29 is 8.78 Å². The molecule has 2 aromatic carbocycles. The van der Waals surface area contributed by atoms with Gasteiger partial charge in [0.1, 0.15) is 17.7 Å². The Balaban J connectivity index is 1.88. The van der Waals surface area contributed by atoms with E-state index < -0.39 is 23.4 Å². The lowest BCUT2D eigenvalue weighted by atomic mass is 9.99. The lowest BCUT2D eigenvalue weighted by Gasteiger charge is -2.16. The largest absolute Gasteiger partial charge is 0.369 e. The number of aryl methyl sites for hydroxylation is 2. The third kappa shape index (κ3) is 3.81. The minimum absolute atomic E-state index is 0.115. The molecule has 0 radical (unpaired) electrons. The molecule has 0 amide bonds. The number of nitrogens with zero attached hydrogens (tertiary/aromatic N) is 5. The van der Waals surface area contributed by atoms with Crippen LogP contribution in [-0.4, -0.2) is 30.7 Å². The van der Waals surface area contributed by atoms with Crippen LogP contribution in [0.2, 0.25) is 0 Å². The van der Waals surface area contributed by atoms with Crippen molar-refractivity contribution in [2.75, 3.05) is 12.3 Å². The van der Waals surface area contributed by atoms with Gasteiger partial charge in [-0.2, -0.15) is 0 Å². The van der Waals surface area contributed by atoms with Crippen LogP contribution in [0.3, 0.4) is 0 Å². The molecule has 0 saturated carbocycles. The van der Waals surface area contributed by atoms with Crippen molar-refractivity contribution in [1.29, 1.82) is 0 Å². The summed E-state index contributed by atoms with van der Waals surface area (Å²) in [7, 11) is 0. The number of pyridine rings is 1. The number of hydrogen-bond donors (Lipinski definition) is 2. The second-order valence-corrected chi connectivity index (χ2v) is 8.47. The lowest BCUT2D eigenvalue weighted by Crippen LogP contribution is -2.32. The fourth-order valence-electron chi connectivity index (χ4n) is 4.50. The Morgan fingerprint density at radius 1 is 0.917 bits per heavy atom. The average molecular weight is 488 g/mol. The molecule has 182 valence electrons. The molecule has 3 heterocycles. The van der Waals surface area contributed by atoms with Gasteiger partial charge in [-0.25, -0.2) is 27.6 Å². The third-order valence-electron chi connectivity index (χ3n) is 5.99. The molecule has 5 rings (SSSR count). The molecule has 0 bridgehead atoms. The summed E-state index contributed by atoms with van der Waals surface area (Å²) in [6.07, 6.45) is 0. The normalized spacial score (nSPS) is 12.2. The Morgan fingerprint density at radius 2 is 1.56 bits per heavy atom. The highest BCUT2D eigenvalue weighted by Gasteiger charge is 2.28. The molecule has 4 N–H and O–H groups in total. The molecule has 0 fully saturated rings. The van der Waals surface area contributed by atoms with Crippen LogP contribution < -0.4 is 17.2 Å². The lowest BCUT2D eigenvalue weighted by molar-refractivity contribution is 0.455. The minimum Gasteiger partial charge on any atom is -0.369 e. The zero-order valence-electron chi connectivity index (χ0n) is 19.6. The van der Waals surface area contributed by atoms with Crippen molar-refractivity contribution in [2.24, 2.45) is 5.73 Å². The summed E-state index contributed by atoms with van der Waals surface area (Å²) < 4.78 is 31.4. The topological polar surface area (TPSA) is 117 Å². The number of nitrogen functional groups attached to an aromatic ring is 1. The number of anilines is 1. The fraction of sp³-hybridized carbons (Fsp3) is 0.154. The highest BCUT2D eigenvalue weighted by molar-refractivity contribution is 5.90. The molecule has 36 heavy (non-hydrogen) atoms. The van der Waals surface area contributed by atoms with Gasteiger partial charge in [0.2, 0.25) is 5.95 Å². The van der Waals surface area contributed by atoms with Gasteiger partial charge in [0, 0.05) is 29.1 Å².